The van der Waals surface area contributed by atoms with Crippen molar-refractivity contribution in [3.63, 3.8) is 0 Å². The summed E-state index contributed by atoms with van der Waals surface area (Å²) in [6.45, 7) is 7.13. The highest BCUT2D eigenvalue weighted by molar-refractivity contribution is 5.95. The second-order valence-corrected chi connectivity index (χ2v) is 8.58. The van der Waals surface area contributed by atoms with E-state index in [0.717, 1.165) is 11.1 Å². The number of anilines is 2. The summed E-state index contributed by atoms with van der Waals surface area (Å²) >= 11 is 0. The molecule has 1 heterocycles. The highest BCUT2D eigenvalue weighted by atomic mass is 19.4. The van der Waals surface area contributed by atoms with E-state index in [1.54, 1.807) is 32.9 Å². The van der Waals surface area contributed by atoms with Crippen molar-refractivity contribution in [2.75, 3.05) is 23.0 Å². The molecule has 5 nitrogen and oxygen atoms in total. The number of hydrogen-bond acceptors (Lipinski definition) is 4. The first-order valence-electron chi connectivity index (χ1n) is 11.3. The SMILES string of the molecule is CCOC(=O)N1c2cc(C)c(C)cc2N(C(C#N)c2cc(C(F)(F)F)cc(C(F)(F)F)c2)C[C@@H]1CC. The average molecular weight is 513 g/mol. The van der Waals surface area contributed by atoms with Crippen molar-refractivity contribution in [2.24, 2.45) is 0 Å². The number of rotatable bonds is 4. The van der Waals surface area contributed by atoms with Gasteiger partial charge < -0.3 is 9.64 Å². The van der Waals surface area contributed by atoms with E-state index in [4.69, 9.17) is 4.74 Å². The van der Waals surface area contributed by atoms with E-state index < -0.39 is 47.2 Å². The van der Waals surface area contributed by atoms with E-state index >= 15 is 0 Å². The molecule has 194 valence electrons. The van der Waals surface area contributed by atoms with Crippen LogP contribution in [0.4, 0.5) is 42.5 Å². The zero-order valence-electron chi connectivity index (χ0n) is 20.1. The highest BCUT2D eigenvalue weighted by Crippen LogP contribution is 2.44. The van der Waals surface area contributed by atoms with Crippen LogP contribution >= 0.6 is 0 Å². The summed E-state index contributed by atoms with van der Waals surface area (Å²) in [7, 11) is 0. The fraction of sp³-hybridized carbons (Fsp3) is 0.440. The Bertz CT molecular complexity index is 1150. The van der Waals surface area contributed by atoms with Crippen LogP contribution in [-0.4, -0.2) is 25.3 Å². The van der Waals surface area contributed by atoms with Crippen LogP contribution in [0.15, 0.2) is 30.3 Å². The number of ether oxygens (including phenoxy) is 1. The zero-order valence-corrected chi connectivity index (χ0v) is 20.1. The third kappa shape index (κ3) is 5.22. The molecular weight excluding hydrogens is 488 g/mol. The van der Waals surface area contributed by atoms with Crippen molar-refractivity contribution in [1.82, 2.24) is 0 Å². The number of nitriles is 1. The van der Waals surface area contributed by atoms with Crippen molar-refractivity contribution >= 4 is 17.5 Å². The van der Waals surface area contributed by atoms with Gasteiger partial charge in [0.15, 0.2) is 0 Å². The van der Waals surface area contributed by atoms with Gasteiger partial charge >= 0.3 is 18.4 Å². The van der Waals surface area contributed by atoms with Crippen LogP contribution in [-0.2, 0) is 17.1 Å². The Morgan fingerprint density at radius 3 is 1.97 bits per heavy atom. The number of hydrogen-bond donors (Lipinski definition) is 0. The van der Waals surface area contributed by atoms with Gasteiger partial charge in [0, 0.05) is 6.54 Å². The highest BCUT2D eigenvalue weighted by Gasteiger charge is 2.41. The fourth-order valence-corrected chi connectivity index (χ4v) is 4.27. The van der Waals surface area contributed by atoms with E-state index in [-0.39, 0.29) is 19.2 Å². The maximum Gasteiger partial charge on any atom is 0.416 e. The molecule has 0 aromatic heterocycles. The molecule has 0 N–H and O–H groups in total. The van der Waals surface area contributed by atoms with E-state index in [1.807, 2.05) is 13.0 Å². The third-order valence-electron chi connectivity index (χ3n) is 6.23. The fourth-order valence-electron chi connectivity index (χ4n) is 4.27. The molecule has 0 bridgehead atoms. The van der Waals surface area contributed by atoms with Gasteiger partial charge in [0.1, 0.15) is 6.04 Å². The minimum Gasteiger partial charge on any atom is -0.449 e. The van der Waals surface area contributed by atoms with Crippen LogP contribution in [0.25, 0.3) is 0 Å². The monoisotopic (exact) mass is 513 g/mol. The minimum absolute atomic E-state index is 0.000634. The Morgan fingerprint density at radius 2 is 1.53 bits per heavy atom. The number of fused-ring (bicyclic) bond motifs is 1. The number of halogens is 6. The first kappa shape index (κ1) is 27.2. The van der Waals surface area contributed by atoms with Crippen LogP contribution in [0.1, 0.15) is 54.1 Å². The summed E-state index contributed by atoms with van der Waals surface area (Å²) in [4.78, 5) is 15.7. The third-order valence-corrected chi connectivity index (χ3v) is 6.23. The topological polar surface area (TPSA) is 56.6 Å². The lowest BCUT2D eigenvalue weighted by Crippen LogP contribution is -2.52. The van der Waals surface area contributed by atoms with Crippen molar-refractivity contribution in [3.8, 4) is 6.07 Å². The standard InChI is InChI=1S/C25H25F6N3O2/c1-5-19-13-33(20-7-14(3)15(4)8-21(20)34(19)23(35)36-6-2)22(12-32)16-9-17(24(26,27)28)11-18(10-16)25(29,30)31/h7-11,19,22H,5-6,13H2,1-4H3/t19-,22?/m0/s1. The van der Waals surface area contributed by atoms with Gasteiger partial charge in [-0.2, -0.15) is 31.6 Å². The van der Waals surface area contributed by atoms with Gasteiger partial charge in [-0.05, 0) is 74.2 Å². The quantitative estimate of drug-likeness (QED) is 0.407. The minimum atomic E-state index is -5.05. The number of carbonyl (C=O) groups is 1. The largest absolute Gasteiger partial charge is 0.449 e. The molecule has 1 aliphatic rings. The Morgan fingerprint density at radius 1 is 1.00 bits per heavy atom. The first-order chi connectivity index (χ1) is 16.7. The zero-order chi connectivity index (χ0) is 27.0. The van der Waals surface area contributed by atoms with E-state index in [0.29, 0.717) is 29.9 Å². The van der Waals surface area contributed by atoms with Crippen LogP contribution in [0, 0.1) is 25.2 Å². The van der Waals surface area contributed by atoms with Crippen molar-refractivity contribution in [1.29, 1.82) is 5.26 Å². The molecule has 0 spiro atoms. The summed E-state index contributed by atoms with van der Waals surface area (Å²) in [5.41, 5.74) is -1.13. The molecular formula is C25H25F6N3O2. The van der Waals surface area contributed by atoms with Crippen molar-refractivity contribution in [2.45, 2.75) is 58.6 Å². The van der Waals surface area contributed by atoms with E-state index in [9.17, 15) is 36.4 Å². The number of nitrogens with zero attached hydrogens (tertiary/aromatic N) is 3. The maximum absolute atomic E-state index is 13.5. The molecule has 0 radical (unpaired) electrons. The Kier molecular flexibility index (Phi) is 7.48. The molecule has 0 aliphatic carbocycles. The molecule has 0 saturated carbocycles. The Hall–Kier alpha value is -3.42. The lowest BCUT2D eigenvalue weighted by Gasteiger charge is -2.44. The average Bonchev–Trinajstić information content (AvgIpc) is 2.79. The summed E-state index contributed by atoms with van der Waals surface area (Å²) in [5, 5.41) is 10.0. The van der Waals surface area contributed by atoms with Gasteiger partial charge in [-0.15, -0.1) is 0 Å². The molecule has 1 unspecified atom stereocenters. The second kappa shape index (κ2) is 9.91. The molecule has 2 atom stereocenters. The number of alkyl halides is 6. The van der Waals surface area contributed by atoms with Gasteiger partial charge in [-0.1, -0.05) is 6.92 Å². The van der Waals surface area contributed by atoms with E-state index in [2.05, 4.69) is 0 Å². The normalized spacial score (nSPS) is 16.9. The summed E-state index contributed by atoms with van der Waals surface area (Å²) in [6.07, 6.45) is -10.3. The molecule has 3 rings (SSSR count). The molecule has 2 aromatic carbocycles. The molecule has 0 fully saturated rings. The summed E-state index contributed by atoms with van der Waals surface area (Å²) < 4.78 is 86.1. The molecule has 36 heavy (non-hydrogen) atoms. The first-order valence-corrected chi connectivity index (χ1v) is 11.3. The second-order valence-electron chi connectivity index (χ2n) is 8.58. The predicted molar refractivity (Wildman–Crippen MR) is 122 cm³/mol. The number of carbonyl (C=O) groups excluding carboxylic acids is 1. The van der Waals surface area contributed by atoms with Gasteiger partial charge in [0.25, 0.3) is 0 Å². The molecule has 1 aliphatic heterocycles. The number of amides is 1. The molecule has 0 saturated heterocycles. The molecule has 1 amide bonds. The summed E-state index contributed by atoms with van der Waals surface area (Å²) in [5.74, 6) is 0. The van der Waals surface area contributed by atoms with Crippen LogP contribution in [0.3, 0.4) is 0 Å². The van der Waals surface area contributed by atoms with Crippen molar-refractivity contribution in [3.05, 3.63) is 58.1 Å². The van der Waals surface area contributed by atoms with Crippen LogP contribution < -0.4 is 9.80 Å². The van der Waals surface area contributed by atoms with Crippen molar-refractivity contribution < 1.29 is 35.9 Å². The van der Waals surface area contributed by atoms with Gasteiger partial charge in [-0.25, -0.2) is 4.79 Å². The summed E-state index contributed by atoms with van der Waals surface area (Å²) in [6, 6.07) is 4.43. The number of benzene rings is 2. The van der Waals surface area contributed by atoms with Gasteiger partial charge in [0.05, 0.1) is 41.2 Å². The van der Waals surface area contributed by atoms with Crippen LogP contribution in [0.2, 0.25) is 0 Å². The predicted octanol–water partition coefficient (Wildman–Crippen LogP) is 7.17. The maximum atomic E-state index is 13.5. The lowest BCUT2D eigenvalue weighted by molar-refractivity contribution is -0.143. The van der Waals surface area contributed by atoms with Gasteiger partial charge in [0.2, 0.25) is 0 Å². The smallest absolute Gasteiger partial charge is 0.416 e. The Balaban J connectivity index is 2.24. The number of aryl methyl sites for hydroxylation is 2. The van der Waals surface area contributed by atoms with Gasteiger partial charge in [-0.3, -0.25) is 4.90 Å². The molecule has 11 heteroatoms. The van der Waals surface area contributed by atoms with Crippen LogP contribution in [0.5, 0.6) is 0 Å². The Labute approximate surface area is 204 Å². The molecule has 2 aromatic rings. The van der Waals surface area contributed by atoms with E-state index in [1.165, 1.54) is 9.80 Å². The lowest BCUT2D eigenvalue weighted by atomic mass is 9.95.